The zero-order valence-corrected chi connectivity index (χ0v) is 16.6. The van der Waals surface area contributed by atoms with Gasteiger partial charge in [-0.2, -0.15) is 0 Å². The third-order valence-corrected chi connectivity index (χ3v) is 5.29. The molecule has 0 bridgehead atoms. The summed E-state index contributed by atoms with van der Waals surface area (Å²) in [6, 6.07) is 3.90. The fourth-order valence-electron chi connectivity index (χ4n) is 2.58. The van der Waals surface area contributed by atoms with Gasteiger partial charge in [0, 0.05) is 18.2 Å². The van der Waals surface area contributed by atoms with Gasteiger partial charge in [0.2, 0.25) is 11.1 Å². The van der Waals surface area contributed by atoms with Crippen LogP contribution in [-0.2, 0) is 11.3 Å². The van der Waals surface area contributed by atoms with Crippen LogP contribution in [0.25, 0.3) is 0 Å². The number of aromatic nitrogens is 4. The standard InChI is InChI=1S/C17H23N5O4S/c1-10(27-17-19-20-21-22(17)12-5-6-12)16(23)18-9-11-7-14(25-3)15(26-4)8-13(11)24-2/h7-8,10,12H,5-6,9H2,1-4H3,(H,18,23). The summed E-state index contributed by atoms with van der Waals surface area (Å²) in [6.45, 7) is 2.14. The van der Waals surface area contributed by atoms with Crippen molar-refractivity contribution in [3.8, 4) is 17.2 Å². The van der Waals surface area contributed by atoms with Gasteiger partial charge in [-0.05, 0) is 36.3 Å². The van der Waals surface area contributed by atoms with E-state index in [4.69, 9.17) is 14.2 Å². The molecule has 0 radical (unpaired) electrons. The van der Waals surface area contributed by atoms with Gasteiger partial charge in [-0.15, -0.1) is 5.10 Å². The SMILES string of the molecule is COc1cc(OC)c(OC)cc1CNC(=O)C(C)Sc1nnnn1C1CC1. The van der Waals surface area contributed by atoms with E-state index in [-0.39, 0.29) is 11.2 Å². The maximum atomic E-state index is 12.5. The number of hydrogen-bond donors (Lipinski definition) is 1. The molecule has 1 amide bonds. The van der Waals surface area contributed by atoms with E-state index < -0.39 is 0 Å². The van der Waals surface area contributed by atoms with E-state index in [2.05, 4.69) is 20.8 Å². The Hall–Kier alpha value is -2.49. The lowest BCUT2D eigenvalue weighted by atomic mass is 10.1. The molecule has 146 valence electrons. The average Bonchev–Trinajstić information content (AvgIpc) is 3.44. The molecule has 1 N–H and O–H groups in total. The minimum Gasteiger partial charge on any atom is -0.496 e. The lowest BCUT2D eigenvalue weighted by molar-refractivity contribution is -0.120. The summed E-state index contributed by atoms with van der Waals surface area (Å²) in [5, 5.41) is 15.0. The van der Waals surface area contributed by atoms with Crippen LogP contribution in [0.2, 0.25) is 0 Å². The molecule has 27 heavy (non-hydrogen) atoms. The lowest BCUT2D eigenvalue weighted by Gasteiger charge is -2.16. The summed E-state index contributed by atoms with van der Waals surface area (Å²) < 4.78 is 17.8. The molecule has 0 aliphatic heterocycles. The molecular weight excluding hydrogens is 370 g/mol. The van der Waals surface area contributed by atoms with Gasteiger partial charge in [-0.1, -0.05) is 11.8 Å². The number of carbonyl (C=O) groups excluding carboxylic acids is 1. The summed E-state index contributed by atoms with van der Waals surface area (Å²) >= 11 is 1.35. The first kappa shape index (κ1) is 19.3. The summed E-state index contributed by atoms with van der Waals surface area (Å²) in [5.74, 6) is 1.65. The zero-order valence-electron chi connectivity index (χ0n) is 15.8. The number of ether oxygens (including phenoxy) is 3. The largest absolute Gasteiger partial charge is 0.496 e. The molecule has 2 aromatic rings. The quantitative estimate of drug-likeness (QED) is 0.644. The Morgan fingerprint density at radius 3 is 2.52 bits per heavy atom. The van der Waals surface area contributed by atoms with Crippen LogP contribution in [0.4, 0.5) is 0 Å². The third-order valence-electron chi connectivity index (χ3n) is 4.25. The molecule has 1 aromatic carbocycles. The molecule has 1 aromatic heterocycles. The number of thioether (sulfide) groups is 1. The van der Waals surface area contributed by atoms with Crippen LogP contribution < -0.4 is 19.5 Å². The maximum Gasteiger partial charge on any atom is 0.233 e. The van der Waals surface area contributed by atoms with Gasteiger partial charge in [-0.25, -0.2) is 4.68 Å². The van der Waals surface area contributed by atoms with E-state index in [0.29, 0.717) is 35.0 Å². The molecule has 0 spiro atoms. The molecule has 1 fully saturated rings. The Kier molecular flexibility index (Phi) is 6.04. The van der Waals surface area contributed by atoms with Gasteiger partial charge in [0.15, 0.2) is 11.5 Å². The molecule has 1 atom stereocenters. The first-order valence-electron chi connectivity index (χ1n) is 8.58. The molecule has 9 nitrogen and oxygen atoms in total. The number of nitrogens with zero attached hydrogens (tertiary/aromatic N) is 4. The second-order valence-corrected chi connectivity index (χ2v) is 7.44. The van der Waals surface area contributed by atoms with Crippen LogP contribution in [0, 0.1) is 0 Å². The van der Waals surface area contributed by atoms with Gasteiger partial charge in [0.05, 0.1) is 32.6 Å². The first-order chi connectivity index (χ1) is 13.1. The summed E-state index contributed by atoms with van der Waals surface area (Å²) in [7, 11) is 4.70. The topological polar surface area (TPSA) is 100 Å². The molecule has 1 aliphatic rings. The highest BCUT2D eigenvalue weighted by atomic mass is 32.2. The highest BCUT2D eigenvalue weighted by Gasteiger charge is 2.29. The Labute approximate surface area is 161 Å². The Bertz CT molecular complexity index is 809. The fourth-order valence-corrected chi connectivity index (χ4v) is 3.46. The van der Waals surface area contributed by atoms with Crippen molar-refractivity contribution in [2.45, 2.75) is 42.8 Å². The van der Waals surface area contributed by atoms with Crippen LogP contribution in [0.1, 0.15) is 31.4 Å². The van der Waals surface area contributed by atoms with E-state index in [0.717, 1.165) is 18.4 Å². The zero-order chi connectivity index (χ0) is 19.4. The van der Waals surface area contributed by atoms with E-state index in [1.54, 1.807) is 38.1 Å². The van der Waals surface area contributed by atoms with Crippen molar-refractivity contribution in [2.24, 2.45) is 0 Å². The summed E-state index contributed by atoms with van der Waals surface area (Å²) in [4.78, 5) is 12.5. The molecule has 1 aliphatic carbocycles. The fraction of sp³-hybridized carbons (Fsp3) is 0.529. The van der Waals surface area contributed by atoms with Crippen molar-refractivity contribution in [2.75, 3.05) is 21.3 Å². The second kappa shape index (κ2) is 8.47. The summed E-state index contributed by atoms with van der Waals surface area (Å²) in [5.41, 5.74) is 0.795. The van der Waals surface area contributed by atoms with Gasteiger partial charge in [0.25, 0.3) is 0 Å². The molecule has 1 heterocycles. The lowest BCUT2D eigenvalue weighted by Crippen LogP contribution is -2.30. The number of tetrazole rings is 1. The van der Waals surface area contributed by atoms with Crippen molar-refractivity contribution >= 4 is 17.7 Å². The van der Waals surface area contributed by atoms with Crippen LogP contribution in [0.3, 0.4) is 0 Å². The van der Waals surface area contributed by atoms with Gasteiger partial charge < -0.3 is 19.5 Å². The Morgan fingerprint density at radius 2 is 1.89 bits per heavy atom. The number of carbonyl (C=O) groups is 1. The third kappa shape index (κ3) is 4.44. The molecule has 0 saturated heterocycles. The molecule has 3 rings (SSSR count). The average molecular weight is 393 g/mol. The highest BCUT2D eigenvalue weighted by molar-refractivity contribution is 8.00. The highest BCUT2D eigenvalue weighted by Crippen LogP contribution is 2.37. The van der Waals surface area contributed by atoms with Crippen molar-refractivity contribution < 1.29 is 19.0 Å². The minimum atomic E-state index is -0.334. The molecule has 1 unspecified atom stereocenters. The maximum absolute atomic E-state index is 12.5. The van der Waals surface area contributed by atoms with E-state index >= 15 is 0 Å². The van der Waals surface area contributed by atoms with Crippen LogP contribution in [0.15, 0.2) is 17.3 Å². The van der Waals surface area contributed by atoms with E-state index in [9.17, 15) is 4.79 Å². The predicted molar refractivity (Wildman–Crippen MR) is 99.4 cm³/mol. The normalized spacial score (nSPS) is 14.5. The van der Waals surface area contributed by atoms with E-state index in [1.165, 1.54) is 11.8 Å². The predicted octanol–water partition coefficient (Wildman–Crippen LogP) is 1.83. The van der Waals surface area contributed by atoms with Crippen molar-refractivity contribution in [3.63, 3.8) is 0 Å². The van der Waals surface area contributed by atoms with Crippen molar-refractivity contribution in [1.29, 1.82) is 0 Å². The van der Waals surface area contributed by atoms with Crippen LogP contribution >= 0.6 is 11.8 Å². The van der Waals surface area contributed by atoms with E-state index in [1.807, 2.05) is 6.92 Å². The smallest absolute Gasteiger partial charge is 0.233 e. The monoisotopic (exact) mass is 393 g/mol. The number of nitrogens with one attached hydrogen (secondary N) is 1. The van der Waals surface area contributed by atoms with Crippen LogP contribution in [-0.4, -0.2) is 52.7 Å². The molecular formula is C17H23N5O4S. The molecule has 1 saturated carbocycles. The Balaban J connectivity index is 1.63. The summed E-state index contributed by atoms with van der Waals surface area (Å²) in [6.07, 6.45) is 2.16. The van der Waals surface area contributed by atoms with Crippen LogP contribution in [0.5, 0.6) is 17.2 Å². The van der Waals surface area contributed by atoms with Crippen molar-refractivity contribution in [3.05, 3.63) is 17.7 Å². The number of methoxy groups -OCH3 is 3. The van der Waals surface area contributed by atoms with Crippen molar-refractivity contribution in [1.82, 2.24) is 25.5 Å². The number of hydrogen-bond acceptors (Lipinski definition) is 8. The number of benzene rings is 1. The van der Waals surface area contributed by atoms with Gasteiger partial charge in [0.1, 0.15) is 5.75 Å². The number of rotatable bonds is 9. The molecule has 10 heteroatoms. The second-order valence-electron chi connectivity index (χ2n) is 6.13. The minimum absolute atomic E-state index is 0.109. The number of amides is 1. The van der Waals surface area contributed by atoms with Gasteiger partial charge >= 0.3 is 0 Å². The first-order valence-corrected chi connectivity index (χ1v) is 9.46. The Morgan fingerprint density at radius 1 is 1.22 bits per heavy atom. The van der Waals surface area contributed by atoms with Gasteiger partial charge in [-0.3, -0.25) is 4.79 Å².